The van der Waals surface area contributed by atoms with Gasteiger partial charge in [-0.2, -0.15) is 0 Å². The number of rotatable bonds is 6. The predicted octanol–water partition coefficient (Wildman–Crippen LogP) is 3.43. The molecule has 1 heterocycles. The van der Waals surface area contributed by atoms with Crippen LogP contribution in [0, 0.1) is 6.92 Å². The number of nitrogens with zero attached hydrogens (tertiary/aromatic N) is 2. The zero-order chi connectivity index (χ0) is 20.4. The van der Waals surface area contributed by atoms with Crippen molar-refractivity contribution in [1.82, 2.24) is 4.90 Å². The first-order valence-corrected chi connectivity index (χ1v) is 9.27. The molecule has 1 saturated heterocycles. The molecule has 0 bridgehead atoms. The maximum Gasteiger partial charge on any atom is 0.251 e. The zero-order valence-corrected chi connectivity index (χ0v) is 17.1. The molecule has 6 nitrogen and oxygen atoms in total. The Labute approximate surface area is 169 Å². The van der Waals surface area contributed by atoms with Crippen molar-refractivity contribution in [3.05, 3.63) is 52.5 Å². The molecule has 3 rings (SSSR count). The highest BCUT2D eigenvalue weighted by Crippen LogP contribution is 2.37. The van der Waals surface area contributed by atoms with Gasteiger partial charge in [0.1, 0.15) is 11.5 Å². The molecular weight excluding hydrogens is 380 g/mol. The number of aryl methyl sites for hydroxylation is 1. The summed E-state index contributed by atoms with van der Waals surface area (Å²) in [6, 6.07) is 10.4. The van der Waals surface area contributed by atoms with E-state index >= 15 is 0 Å². The Kier molecular flexibility index (Phi) is 5.91. The van der Waals surface area contributed by atoms with Crippen molar-refractivity contribution in [2.24, 2.45) is 0 Å². The van der Waals surface area contributed by atoms with Gasteiger partial charge in [-0.25, -0.2) is 4.90 Å². The Bertz CT molecular complexity index is 898. The number of hydrogen-bond donors (Lipinski definition) is 0. The van der Waals surface area contributed by atoms with Crippen LogP contribution < -0.4 is 14.4 Å². The lowest BCUT2D eigenvalue weighted by Gasteiger charge is -2.24. The van der Waals surface area contributed by atoms with Crippen LogP contribution in [0.1, 0.15) is 17.5 Å². The van der Waals surface area contributed by atoms with E-state index in [0.717, 1.165) is 16.9 Å². The molecule has 1 fully saturated rings. The highest BCUT2D eigenvalue weighted by atomic mass is 35.5. The van der Waals surface area contributed by atoms with Crippen LogP contribution in [0.25, 0.3) is 0 Å². The molecule has 1 atom stereocenters. The average molecular weight is 403 g/mol. The molecule has 0 saturated carbocycles. The molecule has 0 spiro atoms. The summed E-state index contributed by atoms with van der Waals surface area (Å²) in [4.78, 5) is 28.8. The number of halogens is 1. The van der Waals surface area contributed by atoms with Gasteiger partial charge in [0, 0.05) is 17.6 Å². The number of benzene rings is 2. The normalized spacial score (nSPS) is 16.8. The van der Waals surface area contributed by atoms with Crippen molar-refractivity contribution in [3.8, 4) is 11.5 Å². The fraction of sp³-hybridized carbons (Fsp3) is 0.333. The maximum absolute atomic E-state index is 13.1. The Hall–Kier alpha value is -2.57. The van der Waals surface area contributed by atoms with Crippen LogP contribution in [-0.4, -0.2) is 44.0 Å². The first-order chi connectivity index (χ1) is 13.3. The third kappa shape index (κ3) is 3.84. The third-order valence-corrected chi connectivity index (χ3v) is 5.35. The largest absolute Gasteiger partial charge is 0.497 e. The van der Waals surface area contributed by atoms with E-state index in [1.165, 1.54) is 12.0 Å². The van der Waals surface area contributed by atoms with E-state index < -0.39 is 6.04 Å². The van der Waals surface area contributed by atoms with E-state index in [4.69, 9.17) is 21.1 Å². The summed E-state index contributed by atoms with van der Waals surface area (Å²) < 4.78 is 10.5. The number of ether oxygens (including phenoxy) is 2. The quantitative estimate of drug-likeness (QED) is 0.693. The van der Waals surface area contributed by atoms with Gasteiger partial charge in [-0.3, -0.25) is 14.5 Å². The van der Waals surface area contributed by atoms with Crippen molar-refractivity contribution in [1.29, 1.82) is 0 Å². The van der Waals surface area contributed by atoms with Crippen molar-refractivity contribution < 1.29 is 19.1 Å². The lowest BCUT2D eigenvalue weighted by molar-refractivity contribution is -0.122. The summed E-state index contributed by atoms with van der Waals surface area (Å²) in [6.07, 6.45) is 0.121. The number of carbonyl (C=O) groups excluding carboxylic acids is 2. The smallest absolute Gasteiger partial charge is 0.251 e. The van der Waals surface area contributed by atoms with Crippen molar-refractivity contribution in [2.75, 3.05) is 26.2 Å². The fourth-order valence-corrected chi connectivity index (χ4v) is 3.48. The number of carbonyl (C=O) groups is 2. The second-order valence-corrected chi connectivity index (χ2v) is 7.23. The monoisotopic (exact) mass is 402 g/mol. The maximum atomic E-state index is 13.1. The molecule has 1 aliphatic rings. The molecular formula is C21H23ClN2O4. The molecule has 0 unspecified atom stereocenters. The van der Waals surface area contributed by atoms with E-state index in [2.05, 4.69) is 0 Å². The van der Waals surface area contributed by atoms with E-state index in [9.17, 15) is 9.59 Å². The molecule has 1 aliphatic heterocycles. The zero-order valence-electron chi connectivity index (χ0n) is 16.4. The summed E-state index contributed by atoms with van der Waals surface area (Å²) >= 11 is 6.15. The summed E-state index contributed by atoms with van der Waals surface area (Å²) in [5.74, 6) is 0.656. The van der Waals surface area contributed by atoms with Crippen molar-refractivity contribution >= 4 is 29.1 Å². The Balaban J connectivity index is 1.82. The van der Waals surface area contributed by atoms with Gasteiger partial charge in [0.05, 0.1) is 32.4 Å². The van der Waals surface area contributed by atoms with Crippen LogP contribution in [0.3, 0.4) is 0 Å². The number of likely N-dealkylation sites (N-methyl/N-ethyl adjacent to an activating group) is 1. The van der Waals surface area contributed by atoms with E-state index in [1.54, 1.807) is 19.2 Å². The highest BCUT2D eigenvalue weighted by molar-refractivity contribution is 6.32. The van der Waals surface area contributed by atoms with Crippen LogP contribution in [0.5, 0.6) is 11.5 Å². The predicted molar refractivity (Wildman–Crippen MR) is 108 cm³/mol. The van der Waals surface area contributed by atoms with Crippen molar-refractivity contribution in [2.45, 2.75) is 25.9 Å². The molecule has 28 heavy (non-hydrogen) atoms. The second-order valence-electron chi connectivity index (χ2n) is 6.82. The summed E-state index contributed by atoms with van der Waals surface area (Å²) in [6.45, 7) is 2.36. The van der Waals surface area contributed by atoms with Gasteiger partial charge in [0.25, 0.3) is 5.91 Å². The number of methoxy groups -OCH3 is 2. The molecule has 2 aromatic carbocycles. The molecule has 148 valence electrons. The highest BCUT2D eigenvalue weighted by Gasteiger charge is 2.42. The van der Waals surface area contributed by atoms with Crippen LogP contribution in [0.15, 0.2) is 36.4 Å². The number of amides is 2. The van der Waals surface area contributed by atoms with Crippen LogP contribution >= 0.6 is 11.6 Å². The fourth-order valence-electron chi connectivity index (χ4n) is 3.33. The summed E-state index contributed by atoms with van der Waals surface area (Å²) in [7, 11) is 4.95. The van der Waals surface area contributed by atoms with Crippen LogP contribution in [0.2, 0.25) is 5.02 Å². The van der Waals surface area contributed by atoms with E-state index in [0.29, 0.717) is 23.0 Å². The molecule has 2 aromatic rings. The van der Waals surface area contributed by atoms with Gasteiger partial charge in [-0.05, 0) is 43.3 Å². The van der Waals surface area contributed by atoms with Gasteiger partial charge < -0.3 is 9.47 Å². The van der Waals surface area contributed by atoms with Gasteiger partial charge in [-0.15, -0.1) is 0 Å². The molecule has 2 amide bonds. The van der Waals surface area contributed by atoms with E-state index in [1.807, 2.05) is 43.1 Å². The molecule has 0 aromatic heterocycles. The minimum atomic E-state index is -0.532. The topological polar surface area (TPSA) is 59.1 Å². The molecule has 7 heteroatoms. The second kappa shape index (κ2) is 8.20. The van der Waals surface area contributed by atoms with E-state index in [-0.39, 0.29) is 18.2 Å². The summed E-state index contributed by atoms with van der Waals surface area (Å²) in [5.41, 5.74) is 2.23. The van der Waals surface area contributed by atoms with Gasteiger partial charge >= 0.3 is 0 Å². The Morgan fingerprint density at radius 1 is 1.14 bits per heavy atom. The number of imide groups is 1. The SMILES string of the molecule is COc1ccc(CN(C)[C@H]2CC(=O)N(c3cc(C)c(Cl)cc3OC)C2=O)cc1. The minimum absolute atomic E-state index is 0.121. The Morgan fingerprint density at radius 3 is 2.43 bits per heavy atom. The standard InChI is InChI=1S/C21H23ClN2O4/c1-13-9-17(19(28-4)10-16(13)22)24-20(25)11-18(21(24)26)23(2)12-14-5-7-15(27-3)8-6-14/h5-10,18H,11-12H2,1-4H3/t18-/m0/s1. The van der Waals surface area contributed by atoms with Gasteiger partial charge in [0.15, 0.2) is 0 Å². The Morgan fingerprint density at radius 2 is 1.82 bits per heavy atom. The molecule has 0 radical (unpaired) electrons. The lowest BCUT2D eigenvalue weighted by atomic mass is 10.1. The first-order valence-electron chi connectivity index (χ1n) is 8.89. The third-order valence-electron chi connectivity index (χ3n) is 4.95. The summed E-state index contributed by atoms with van der Waals surface area (Å²) in [5, 5.41) is 0.521. The average Bonchev–Trinajstić information content (AvgIpc) is 2.98. The number of anilines is 1. The lowest BCUT2D eigenvalue weighted by Crippen LogP contribution is -2.39. The van der Waals surface area contributed by atoms with Crippen molar-refractivity contribution in [3.63, 3.8) is 0 Å². The molecule has 0 N–H and O–H groups in total. The van der Waals surface area contributed by atoms with Crippen LogP contribution in [0.4, 0.5) is 5.69 Å². The molecule has 0 aliphatic carbocycles. The van der Waals surface area contributed by atoms with Gasteiger partial charge in [-0.1, -0.05) is 23.7 Å². The van der Waals surface area contributed by atoms with Gasteiger partial charge in [0.2, 0.25) is 5.91 Å². The number of hydrogen-bond acceptors (Lipinski definition) is 5. The first kappa shape index (κ1) is 20.2. The van der Waals surface area contributed by atoms with Crippen LogP contribution in [-0.2, 0) is 16.1 Å². The minimum Gasteiger partial charge on any atom is -0.497 e.